The number of hydrogen-bond donors (Lipinski definition) is 2. The molecule has 0 radical (unpaired) electrons. The first-order chi connectivity index (χ1) is 16.5. The largest absolute Gasteiger partial charge is 0.497 e. The fourth-order valence-electron chi connectivity index (χ4n) is 3.43. The van der Waals surface area contributed by atoms with E-state index in [1.54, 1.807) is 38.3 Å². The molecule has 1 aliphatic rings. The van der Waals surface area contributed by atoms with Crippen LogP contribution in [0.1, 0.15) is 44.5 Å². The smallest absolute Gasteiger partial charge is 0.341 e. The predicted octanol–water partition coefficient (Wildman–Crippen LogP) is 4.26. The maximum Gasteiger partial charge on any atom is 0.341 e. The van der Waals surface area contributed by atoms with Crippen molar-refractivity contribution in [3.8, 4) is 5.75 Å². The van der Waals surface area contributed by atoms with Crippen LogP contribution in [0.25, 0.3) is 0 Å². The van der Waals surface area contributed by atoms with Crippen LogP contribution in [-0.4, -0.2) is 47.5 Å². The Kier molecular flexibility index (Phi) is 7.80. The Morgan fingerprint density at radius 3 is 2.62 bits per heavy atom. The molecule has 1 aliphatic carbocycles. The molecule has 3 aromatic rings. The number of nitrogens with zero attached hydrogens (tertiary/aromatic N) is 2. The number of anilines is 2. The van der Waals surface area contributed by atoms with E-state index in [4.69, 9.17) is 9.47 Å². The molecule has 0 atom stereocenters. The van der Waals surface area contributed by atoms with Crippen LogP contribution in [0, 0.1) is 0 Å². The fourth-order valence-corrected chi connectivity index (χ4v) is 6.27. The molecule has 2 N–H and O–H groups in total. The number of thiophene rings is 1. The molecule has 178 valence electrons. The summed E-state index contributed by atoms with van der Waals surface area (Å²) in [5, 5.41) is 14.4. The van der Waals surface area contributed by atoms with Gasteiger partial charge in [0.15, 0.2) is 4.34 Å². The first-order valence-electron chi connectivity index (χ1n) is 10.5. The van der Waals surface area contributed by atoms with Gasteiger partial charge < -0.3 is 14.8 Å². The monoisotopic (exact) mass is 518 g/mol. The molecule has 0 saturated carbocycles. The van der Waals surface area contributed by atoms with Crippen molar-refractivity contribution in [2.24, 2.45) is 0 Å². The SMILES string of the molecule is CCOC(=O)c1c(NC(=O)CSc2nnc(NC(=O)c3ccc(OC)cc3)s2)sc2c1CCC2. The lowest BCUT2D eigenvalue weighted by Crippen LogP contribution is -2.16. The molecule has 2 amide bonds. The van der Waals surface area contributed by atoms with Gasteiger partial charge in [0.05, 0.1) is 25.0 Å². The van der Waals surface area contributed by atoms with Crippen molar-refractivity contribution in [2.75, 3.05) is 30.1 Å². The van der Waals surface area contributed by atoms with Crippen LogP contribution in [0.15, 0.2) is 28.6 Å². The Hall–Kier alpha value is -2.96. The van der Waals surface area contributed by atoms with E-state index in [0.717, 1.165) is 29.7 Å². The first-order valence-corrected chi connectivity index (χ1v) is 13.1. The summed E-state index contributed by atoms with van der Waals surface area (Å²) in [7, 11) is 1.56. The van der Waals surface area contributed by atoms with E-state index in [-0.39, 0.29) is 24.2 Å². The Bertz CT molecular complexity index is 1210. The number of aryl methyl sites for hydroxylation is 1. The number of carbonyl (C=O) groups excluding carboxylic acids is 3. The summed E-state index contributed by atoms with van der Waals surface area (Å²) in [6.07, 6.45) is 2.74. The minimum absolute atomic E-state index is 0.0892. The second-order valence-electron chi connectivity index (χ2n) is 7.17. The van der Waals surface area contributed by atoms with Gasteiger partial charge in [-0.05, 0) is 56.0 Å². The average Bonchev–Trinajstić information content (AvgIpc) is 3.54. The molecule has 12 heteroatoms. The highest BCUT2D eigenvalue weighted by Gasteiger charge is 2.28. The van der Waals surface area contributed by atoms with Gasteiger partial charge in [0, 0.05) is 10.4 Å². The van der Waals surface area contributed by atoms with Crippen molar-refractivity contribution in [3.05, 3.63) is 45.8 Å². The van der Waals surface area contributed by atoms with Crippen molar-refractivity contribution in [1.82, 2.24) is 10.2 Å². The summed E-state index contributed by atoms with van der Waals surface area (Å²) in [5.41, 5.74) is 1.94. The number of hydrogen-bond acceptors (Lipinski definition) is 10. The lowest BCUT2D eigenvalue weighted by molar-refractivity contribution is -0.113. The second kappa shape index (κ2) is 11.0. The van der Waals surface area contributed by atoms with Crippen molar-refractivity contribution >= 4 is 62.4 Å². The number of carbonyl (C=O) groups is 3. The number of methoxy groups -OCH3 is 1. The molecule has 0 bridgehead atoms. The van der Waals surface area contributed by atoms with Crippen LogP contribution in [-0.2, 0) is 22.4 Å². The molecule has 0 unspecified atom stereocenters. The van der Waals surface area contributed by atoms with Crippen molar-refractivity contribution in [3.63, 3.8) is 0 Å². The highest BCUT2D eigenvalue weighted by atomic mass is 32.2. The molecule has 2 heterocycles. The molecular formula is C22H22N4O5S3. The summed E-state index contributed by atoms with van der Waals surface area (Å²) < 4.78 is 10.8. The maximum atomic E-state index is 12.6. The molecule has 2 aromatic heterocycles. The number of benzene rings is 1. The lowest BCUT2D eigenvalue weighted by atomic mass is 10.1. The van der Waals surface area contributed by atoms with Gasteiger partial charge in [-0.3, -0.25) is 14.9 Å². The number of aromatic nitrogens is 2. The predicted molar refractivity (Wildman–Crippen MR) is 133 cm³/mol. The summed E-state index contributed by atoms with van der Waals surface area (Å²) in [6.45, 7) is 2.04. The Labute approximate surface area is 208 Å². The molecule has 4 rings (SSSR count). The number of fused-ring (bicyclic) bond motifs is 1. The second-order valence-corrected chi connectivity index (χ2v) is 10.5. The highest BCUT2D eigenvalue weighted by Crippen LogP contribution is 2.39. The van der Waals surface area contributed by atoms with Gasteiger partial charge in [-0.15, -0.1) is 21.5 Å². The topological polar surface area (TPSA) is 120 Å². The molecule has 34 heavy (non-hydrogen) atoms. The average molecular weight is 519 g/mol. The number of ether oxygens (including phenoxy) is 2. The van der Waals surface area contributed by atoms with Gasteiger partial charge in [0.1, 0.15) is 10.8 Å². The number of nitrogens with one attached hydrogen (secondary N) is 2. The molecule has 1 aromatic carbocycles. The number of amides is 2. The maximum absolute atomic E-state index is 12.6. The van der Waals surface area contributed by atoms with E-state index in [2.05, 4.69) is 20.8 Å². The van der Waals surface area contributed by atoms with E-state index in [0.29, 0.717) is 31.3 Å². The standard InChI is InChI=1S/C22H22N4O5S3/c1-3-31-20(29)17-14-5-4-6-15(14)33-19(17)23-16(27)11-32-22-26-25-21(34-22)24-18(28)12-7-9-13(30-2)10-8-12/h7-10H,3-6,11H2,1-2H3,(H,23,27)(H,24,25,28). The van der Waals surface area contributed by atoms with Crippen LogP contribution >= 0.6 is 34.4 Å². The third-order valence-electron chi connectivity index (χ3n) is 4.96. The Balaban J connectivity index is 1.33. The Morgan fingerprint density at radius 1 is 1.09 bits per heavy atom. The van der Waals surface area contributed by atoms with Gasteiger partial charge in [0.2, 0.25) is 11.0 Å². The lowest BCUT2D eigenvalue weighted by Gasteiger charge is -2.07. The van der Waals surface area contributed by atoms with Gasteiger partial charge in [-0.1, -0.05) is 23.1 Å². The van der Waals surface area contributed by atoms with E-state index in [9.17, 15) is 14.4 Å². The number of esters is 1. The van der Waals surface area contributed by atoms with Gasteiger partial charge in [-0.25, -0.2) is 4.79 Å². The van der Waals surface area contributed by atoms with Crippen LogP contribution in [0.5, 0.6) is 5.75 Å². The van der Waals surface area contributed by atoms with Crippen LogP contribution in [0.3, 0.4) is 0 Å². The quantitative estimate of drug-likeness (QED) is 0.245. The minimum Gasteiger partial charge on any atom is -0.497 e. The van der Waals surface area contributed by atoms with Gasteiger partial charge in [0.25, 0.3) is 5.91 Å². The van der Waals surface area contributed by atoms with Crippen LogP contribution in [0.2, 0.25) is 0 Å². The zero-order valence-corrected chi connectivity index (χ0v) is 21.0. The van der Waals surface area contributed by atoms with E-state index >= 15 is 0 Å². The summed E-state index contributed by atoms with van der Waals surface area (Å²) >= 11 is 3.82. The molecule has 0 spiro atoms. The first kappa shape index (κ1) is 24.2. The fraction of sp³-hybridized carbons (Fsp3) is 0.318. The molecule has 9 nitrogen and oxygen atoms in total. The molecule has 0 aliphatic heterocycles. The Morgan fingerprint density at radius 2 is 1.88 bits per heavy atom. The normalized spacial score (nSPS) is 12.2. The summed E-state index contributed by atoms with van der Waals surface area (Å²) in [6, 6.07) is 6.70. The van der Waals surface area contributed by atoms with Crippen LogP contribution in [0.4, 0.5) is 10.1 Å². The van der Waals surface area contributed by atoms with Crippen molar-refractivity contribution in [1.29, 1.82) is 0 Å². The van der Waals surface area contributed by atoms with E-state index < -0.39 is 5.97 Å². The van der Waals surface area contributed by atoms with E-state index in [1.807, 2.05) is 0 Å². The van der Waals surface area contributed by atoms with Gasteiger partial charge in [-0.2, -0.15) is 0 Å². The van der Waals surface area contributed by atoms with E-state index in [1.165, 1.54) is 34.4 Å². The summed E-state index contributed by atoms with van der Waals surface area (Å²) in [5.74, 6) is -0.219. The molecular weight excluding hydrogens is 496 g/mol. The third-order valence-corrected chi connectivity index (χ3v) is 8.14. The summed E-state index contributed by atoms with van der Waals surface area (Å²) in [4.78, 5) is 38.5. The molecule has 0 saturated heterocycles. The van der Waals surface area contributed by atoms with Gasteiger partial charge >= 0.3 is 5.97 Å². The number of thioether (sulfide) groups is 1. The number of rotatable bonds is 9. The third kappa shape index (κ3) is 5.57. The van der Waals surface area contributed by atoms with Crippen molar-refractivity contribution < 1.29 is 23.9 Å². The highest BCUT2D eigenvalue weighted by molar-refractivity contribution is 8.01. The van der Waals surface area contributed by atoms with Crippen LogP contribution < -0.4 is 15.4 Å². The zero-order valence-electron chi connectivity index (χ0n) is 18.5. The minimum atomic E-state index is -0.397. The molecule has 0 fully saturated rings. The van der Waals surface area contributed by atoms with Crippen molar-refractivity contribution in [2.45, 2.75) is 30.5 Å². The zero-order chi connectivity index (χ0) is 24.1.